The molecule has 0 unspecified atom stereocenters. The van der Waals surface area contributed by atoms with Gasteiger partial charge in [-0.15, -0.1) is 0 Å². The molecule has 0 aliphatic heterocycles. The minimum atomic E-state index is -0.348. The molecule has 0 fully saturated rings. The largest absolute Gasteiger partial charge is 0.333 e. The fourth-order valence-corrected chi connectivity index (χ4v) is 2.32. The number of para-hydroxylation sites is 1. The highest BCUT2D eigenvalue weighted by molar-refractivity contribution is 6.07. The zero-order valence-corrected chi connectivity index (χ0v) is 15.4. The van der Waals surface area contributed by atoms with E-state index in [0.29, 0.717) is 16.9 Å². The lowest BCUT2D eigenvalue weighted by atomic mass is 10.1. The van der Waals surface area contributed by atoms with E-state index in [0.717, 1.165) is 11.1 Å². The Kier molecular flexibility index (Phi) is 5.47. The van der Waals surface area contributed by atoms with Gasteiger partial charge in [-0.1, -0.05) is 29.8 Å². The molecule has 0 bridgehead atoms. The molecule has 2 rings (SSSR count). The van der Waals surface area contributed by atoms with Crippen LogP contribution in [-0.2, 0) is 0 Å². The number of amides is 3. The molecule has 132 valence electrons. The number of hydrogen-bond donors (Lipinski definition) is 3. The van der Waals surface area contributed by atoms with E-state index in [9.17, 15) is 9.59 Å². The quantitative estimate of drug-likeness (QED) is 0.772. The van der Waals surface area contributed by atoms with Crippen molar-refractivity contribution >= 4 is 23.3 Å². The third-order valence-corrected chi connectivity index (χ3v) is 3.56. The number of anilines is 2. The van der Waals surface area contributed by atoms with Gasteiger partial charge in [0.25, 0.3) is 5.91 Å². The van der Waals surface area contributed by atoms with Gasteiger partial charge in [0.2, 0.25) is 0 Å². The molecule has 3 N–H and O–H groups in total. The minimum absolute atomic E-state index is 0.214. The van der Waals surface area contributed by atoms with Crippen LogP contribution in [0.5, 0.6) is 0 Å². The molecule has 0 radical (unpaired) electrons. The molecule has 0 saturated heterocycles. The first kappa shape index (κ1) is 18.5. The summed E-state index contributed by atoms with van der Waals surface area (Å²) in [6.45, 7) is 9.57. The van der Waals surface area contributed by atoms with Crippen LogP contribution in [0.4, 0.5) is 16.2 Å². The highest BCUT2D eigenvalue weighted by Crippen LogP contribution is 2.26. The van der Waals surface area contributed by atoms with Crippen molar-refractivity contribution in [3.8, 4) is 0 Å². The summed E-state index contributed by atoms with van der Waals surface area (Å²) in [5.74, 6) is -0.214. The zero-order chi connectivity index (χ0) is 18.6. The molecule has 0 aliphatic rings. The SMILES string of the molecule is Cc1ccc(C(=O)Nc2c(C)cccc2NC(=O)NC(C)(C)C)cc1. The molecule has 0 aliphatic carbocycles. The van der Waals surface area contributed by atoms with Gasteiger partial charge in [0.05, 0.1) is 11.4 Å². The Balaban J connectivity index is 2.21. The summed E-state index contributed by atoms with van der Waals surface area (Å²) in [5, 5.41) is 8.55. The van der Waals surface area contributed by atoms with Gasteiger partial charge in [-0.2, -0.15) is 0 Å². The molecule has 3 amide bonds. The van der Waals surface area contributed by atoms with Crippen molar-refractivity contribution in [3.63, 3.8) is 0 Å². The number of carbonyl (C=O) groups is 2. The normalized spacial score (nSPS) is 10.9. The van der Waals surface area contributed by atoms with Gasteiger partial charge < -0.3 is 16.0 Å². The first-order valence-corrected chi connectivity index (χ1v) is 8.22. The standard InChI is InChI=1S/C20H25N3O2/c1-13-9-11-15(12-10-13)18(24)22-17-14(2)7-6-8-16(17)21-19(25)23-20(3,4)5/h6-12H,1-5H3,(H,22,24)(H2,21,23,25). The molecular formula is C20H25N3O2. The molecule has 0 saturated carbocycles. The molecule has 0 spiro atoms. The zero-order valence-electron chi connectivity index (χ0n) is 15.4. The average Bonchev–Trinajstić information content (AvgIpc) is 2.49. The van der Waals surface area contributed by atoms with Gasteiger partial charge in [0.15, 0.2) is 0 Å². The third kappa shape index (κ3) is 5.35. The fraction of sp³-hybridized carbons (Fsp3) is 0.300. The maximum atomic E-state index is 12.5. The molecule has 0 aromatic heterocycles. The summed E-state index contributed by atoms with van der Waals surface area (Å²) in [7, 11) is 0. The molecule has 25 heavy (non-hydrogen) atoms. The monoisotopic (exact) mass is 339 g/mol. The van der Waals surface area contributed by atoms with Crippen LogP contribution in [0.3, 0.4) is 0 Å². The van der Waals surface area contributed by atoms with E-state index in [1.54, 1.807) is 18.2 Å². The van der Waals surface area contributed by atoms with Crippen LogP contribution in [0.2, 0.25) is 0 Å². The Morgan fingerprint density at radius 3 is 2.12 bits per heavy atom. The first-order chi connectivity index (χ1) is 11.7. The predicted octanol–water partition coefficient (Wildman–Crippen LogP) is 4.48. The van der Waals surface area contributed by atoms with Gasteiger partial charge in [-0.3, -0.25) is 4.79 Å². The molecule has 5 heteroatoms. The Bertz CT molecular complexity index is 775. The van der Waals surface area contributed by atoms with Crippen LogP contribution in [0.1, 0.15) is 42.3 Å². The lowest BCUT2D eigenvalue weighted by molar-refractivity contribution is 0.102. The van der Waals surface area contributed by atoms with Gasteiger partial charge in [0, 0.05) is 11.1 Å². The van der Waals surface area contributed by atoms with E-state index in [2.05, 4.69) is 16.0 Å². The van der Waals surface area contributed by atoms with E-state index in [1.807, 2.05) is 58.9 Å². The van der Waals surface area contributed by atoms with E-state index in [4.69, 9.17) is 0 Å². The van der Waals surface area contributed by atoms with E-state index in [-0.39, 0.29) is 17.5 Å². The smallest absolute Gasteiger partial charge is 0.319 e. The summed E-state index contributed by atoms with van der Waals surface area (Å²) in [6.07, 6.45) is 0. The summed E-state index contributed by atoms with van der Waals surface area (Å²) in [5.41, 5.74) is 3.33. The lowest BCUT2D eigenvalue weighted by Gasteiger charge is -2.22. The van der Waals surface area contributed by atoms with Crippen molar-refractivity contribution in [2.75, 3.05) is 10.6 Å². The van der Waals surface area contributed by atoms with Crippen LogP contribution in [0.15, 0.2) is 42.5 Å². The molecule has 0 heterocycles. The number of benzene rings is 2. The average molecular weight is 339 g/mol. The van der Waals surface area contributed by atoms with Crippen LogP contribution in [-0.4, -0.2) is 17.5 Å². The van der Waals surface area contributed by atoms with Crippen molar-refractivity contribution in [2.45, 2.75) is 40.2 Å². The molecule has 5 nitrogen and oxygen atoms in total. The summed E-state index contributed by atoms with van der Waals surface area (Å²) < 4.78 is 0. The second-order valence-electron chi connectivity index (χ2n) is 7.15. The Hall–Kier alpha value is -2.82. The van der Waals surface area contributed by atoms with Gasteiger partial charge in [-0.05, 0) is 58.4 Å². The first-order valence-electron chi connectivity index (χ1n) is 8.22. The van der Waals surface area contributed by atoms with E-state index < -0.39 is 0 Å². The molecule has 0 atom stereocenters. The number of rotatable bonds is 3. The number of urea groups is 1. The van der Waals surface area contributed by atoms with Gasteiger partial charge >= 0.3 is 6.03 Å². The highest BCUT2D eigenvalue weighted by Gasteiger charge is 2.16. The number of hydrogen-bond acceptors (Lipinski definition) is 2. The highest BCUT2D eigenvalue weighted by atomic mass is 16.2. The van der Waals surface area contributed by atoms with Gasteiger partial charge in [-0.25, -0.2) is 4.79 Å². The van der Waals surface area contributed by atoms with E-state index >= 15 is 0 Å². The Morgan fingerprint density at radius 2 is 1.52 bits per heavy atom. The second-order valence-corrected chi connectivity index (χ2v) is 7.15. The Labute approximate surface area is 148 Å². The maximum Gasteiger partial charge on any atom is 0.319 e. The van der Waals surface area contributed by atoms with Crippen LogP contribution in [0.25, 0.3) is 0 Å². The molecule has 2 aromatic carbocycles. The van der Waals surface area contributed by atoms with Crippen LogP contribution in [0, 0.1) is 13.8 Å². The van der Waals surface area contributed by atoms with Crippen molar-refractivity contribution in [3.05, 3.63) is 59.2 Å². The Morgan fingerprint density at radius 1 is 0.880 bits per heavy atom. The fourth-order valence-electron chi connectivity index (χ4n) is 2.32. The van der Waals surface area contributed by atoms with Crippen molar-refractivity contribution in [2.24, 2.45) is 0 Å². The van der Waals surface area contributed by atoms with Crippen molar-refractivity contribution in [1.29, 1.82) is 0 Å². The summed E-state index contributed by atoms with van der Waals surface area (Å²) >= 11 is 0. The van der Waals surface area contributed by atoms with Gasteiger partial charge in [0.1, 0.15) is 0 Å². The topological polar surface area (TPSA) is 70.2 Å². The second kappa shape index (κ2) is 7.38. The minimum Gasteiger partial charge on any atom is -0.333 e. The predicted molar refractivity (Wildman–Crippen MR) is 102 cm³/mol. The number of nitrogens with one attached hydrogen (secondary N) is 3. The summed E-state index contributed by atoms with van der Waals surface area (Å²) in [6, 6.07) is 12.5. The molecule has 2 aromatic rings. The van der Waals surface area contributed by atoms with Crippen LogP contribution >= 0.6 is 0 Å². The third-order valence-electron chi connectivity index (χ3n) is 3.56. The number of aryl methyl sites for hydroxylation is 2. The molecular weight excluding hydrogens is 314 g/mol. The summed E-state index contributed by atoms with van der Waals surface area (Å²) in [4.78, 5) is 24.7. The lowest BCUT2D eigenvalue weighted by Crippen LogP contribution is -2.43. The van der Waals surface area contributed by atoms with E-state index in [1.165, 1.54) is 0 Å². The maximum absolute atomic E-state index is 12.5. The van der Waals surface area contributed by atoms with Crippen LogP contribution < -0.4 is 16.0 Å². The van der Waals surface area contributed by atoms with Crippen molar-refractivity contribution in [1.82, 2.24) is 5.32 Å². The number of carbonyl (C=O) groups excluding carboxylic acids is 2. The van der Waals surface area contributed by atoms with Crippen molar-refractivity contribution < 1.29 is 9.59 Å².